The lowest BCUT2D eigenvalue weighted by Crippen LogP contribution is -2.12. The molecule has 2 rings (SSSR count). The van der Waals surface area contributed by atoms with Crippen LogP contribution >= 0.6 is 0 Å². The van der Waals surface area contributed by atoms with E-state index in [1.165, 1.54) is 14.0 Å². The Hall–Kier alpha value is -2.43. The lowest BCUT2D eigenvalue weighted by atomic mass is 10.0. The molecule has 92 valence electrons. The Labute approximate surface area is 102 Å². The molecule has 0 radical (unpaired) electrons. The first-order chi connectivity index (χ1) is 8.52. The minimum Gasteiger partial charge on any atom is -0.465 e. The maximum Gasteiger partial charge on any atom is 0.338 e. The van der Waals surface area contributed by atoms with Crippen LogP contribution < -0.4 is 5.56 Å². The van der Waals surface area contributed by atoms with E-state index in [9.17, 15) is 14.4 Å². The van der Waals surface area contributed by atoms with Crippen molar-refractivity contribution in [2.45, 2.75) is 6.92 Å². The fraction of sp³-hybridized carbons (Fsp3) is 0.154. The van der Waals surface area contributed by atoms with Crippen LogP contribution in [0.2, 0.25) is 0 Å². The predicted octanol–water partition coefficient (Wildman–Crippen LogP) is 1.52. The second kappa shape index (κ2) is 4.44. The second-order valence-corrected chi connectivity index (χ2v) is 3.86. The third-order valence-electron chi connectivity index (χ3n) is 2.65. The van der Waals surface area contributed by atoms with E-state index in [0.717, 1.165) is 6.07 Å². The summed E-state index contributed by atoms with van der Waals surface area (Å²) in [5, 5.41) is 0.495. The van der Waals surface area contributed by atoms with Crippen molar-refractivity contribution in [3.63, 3.8) is 0 Å². The molecule has 0 fully saturated rings. The lowest BCUT2D eigenvalue weighted by Gasteiger charge is -2.05. The van der Waals surface area contributed by atoms with Crippen LogP contribution in [0, 0.1) is 0 Å². The molecule has 5 nitrogen and oxygen atoms in total. The number of aromatic amines is 1. The van der Waals surface area contributed by atoms with Gasteiger partial charge in [0, 0.05) is 22.5 Å². The molecule has 1 N–H and O–H groups in total. The minimum atomic E-state index is -0.605. The van der Waals surface area contributed by atoms with E-state index < -0.39 is 11.5 Å². The van der Waals surface area contributed by atoms with Crippen LogP contribution in [0.15, 0.2) is 29.1 Å². The summed E-state index contributed by atoms with van der Waals surface area (Å²) in [6.45, 7) is 1.44. The van der Waals surface area contributed by atoms with Crippen molar-refractivity contribution in [3.05, 3.63) is 45.7 Å². The number of hydrogen-bond donors (Lipinski definition) is 1. The van der Waals surface area contributed by atoms with Crippen molar-refractivity contribution in [1.29, 1.82) is 0 Å². The van der Waals surface area contributed by atoms with Gasteiger partial charge in [0.25, 0.3) is 0 Å². The first-order valence-electron chi connectivity index (χ1n) is 5.29. The summed E-state index contributed by atoms with van der Waals surface area (Å²) in [5.74, 6) is -0.717. The minimum absolute atomic E-state index is 0.112. The number of benzene rings is 1. The summed E-state index contributed by atoms with van der Waals surface area (Å²) in [7, 11) is 1.24. The van der Waals surface area contributed by atoms with Gasteiger partial charge < -0.3 is 9.72 Å². The van der Waals surface area contributed by atoms with Gasteiger partial charge in [-0.2, -0.15) is 0 Å². The first-order valence-corrected chi connectivity index (χ1v) is 5.29. The number of methoxy groups -OCH3 is 1. The molecule has 0 aliphatic carbocycles. The Balaban J connectivity index is 2.82. The lowest BCUT2D eigenvalue weighted by molar-refractivity contribution is 0.0602. The molecule has 1 heterocycles. The molecule has 0 spiro atoms. The van der Waals surface area contributed by atoms with Gasteiger partial charge in [-0.1, -0.05) is 0 Å². The highest BCUT2D eigenvalue weighted by Gasteiger charge is 2.13. The van der Waals surface area contributed by atoms with Crippen molar-refractivity contribution < 1.29 is 14.3 Å². The van der Waals surface area contributed by atoms with Gasteiger partial charge in [0.2, 0.25) is 5.56 Å². The Morgan fingerprint density at radius 3 is 2.56 bits per heavy atom. The van der Waals surface area contributed by atoms with Gasteiger partial charge >= 0.3 is 5.97 Å². The number of hydrogen-bond acceptors (Lipinski definition) is 4. The first kappa shape index (κ1) is 12.0. The molecule has 5 heteroatoms. The van der Waals surface area contributed by atoms with E-state index in [4.69, 9.17) is 0 Å². The molecule has 0 amide bonds. The number of carbonyl (C=O) groups is 2. The summed E-state index contributed by atoms with van der Waals surface area (Å²) in [4.78, 5) is 36.9. The van der Waals surface area contributed by atoms with Gasteiger partial charge in [0.05, 0.1) is 12.7 Å². The Bertz CT molecular complexity index is 700. The van der Waals surface area contributed by atoms with Gasteiger partial charge in [-0.05, 0) is 25.1 Å². The summed E-state index contributed by atoms with van der Waals surface area (Å²) < 4.78 is 4.62. The Morgan fingerprint density at radius 1 is 1.22 bits per heavy atom. The van der Waals surface area contributed by atoms with E-state index in [1.807, 2.05) is 0 Å². The fourth-order valence-corrected chi connectivity index (χ4v) is 1.75. The molecule has 18 heavy (non-hydrogen) atoms. The Morgan fingerprint density at radius 2 is 1.94 bits per heavy atom. The number of esters is 1. The molecule has 0 unspecified atom stereocenters. The van der Waals surface area contributed by atoms with Gasteiger partial charge in [0.1, 0.15) is 0 Å². The van der Waals surface area contributed by atoms with Crippen LogP contribution in [0.5, 0.6) is 0 Å². The quantitative estimate of drug-likeness (QED) is 0.642. The van der Waals surface area contributed by atoms with Crippen molar-refractivity contribution in [1.82, 2.24) is 4.98 Å². The average molecular weight is 245 g/mol. The monoisotopic (exact) mass is 245 g/mol. The fourth-order valence-electron chi connectivity index (χ4n) is 1.75. The van der Waals surface area contributed by atoms with Crippen LogP contribution in [0.1, 0.15) is 27.6 Å². The molecule has 0 saturated heterocycles. The number of fused-ring (bicyclic) bond motifs is 1. The van der Waals surface area contributed by atoms with E-state index in [-0.39, 0.29) is 11.3 Å². The number of nitrogens with one attached hydrogen (secondary N) is 1. The van der Waals surface area contributed by atoms with Gasteiger partial charge in [-0.25, -0.2) is 4.79 Å². The topological polar surface area (TPSA) is 76.2 Å². The van der Waals surface area contributed by atoms with E-state index >= 15 is 0 Å². The van der Waals surface area contributed by atoms with Crippen molar-refractivity contribution in [2.24, 2.45) is 0 Å². The zero-order chi connectivity index (χ0) is 13.3. The summed E-state index contributed by atoms with van der Waals surface area (Å²) in [6.07, 6.45) is 0. The average Bonchev–Trinajstić information content (AvgIpc) is 2.36. The molecule has 1 aromatic heterocycles. The number of H-pyrrole nitrogens is 1. The molecule has 0 aliphatic heterocycles. The SMILES string of the molecule is COC(=O)c1cc(=O)[nH]c2ccc(C(C)=O)cc12. The van der Waals surface area contributed by atoms with Crippen LogP contribution in [-0.2, 0) is 4.74 Å². The van der Waals surface area contributed by atoms with Crippen molar-refractivity contribution in [2.75, 3.05) is 7.11 Å². The molecular weight excluding hydrogens is 234 g/mol. The number of rotatable bonds is 2. The largest absolute Gasteiger partial charge is 0.465 e. The van der Waals surface area contributed by atoms with Gasteiger partial charge in [-0.15, -0.1) is 0 Å². The highest BCUT2D eigenvalue weighted by molar-refractivity contribution is 6.06. The highest BCUT2D eigenvalue weighted by atomic mass is 16.5. The number of Topliss-reactive ketones (excluding diaryl/α,β-unsaturated/α-hetero) is 1. The maximum atomic E-state index is 11.6. The van der Waals surface area contributed by atoms with E-state index in [2.05, 4.69) is 9.72 Å². The van der Waals surface area contributed by atoms with E-state index in [0.29, 0.717) is 16.5 Å². The standard InChI is InChI=1S/C13H11NO4/c1-7(15)8-3-4-11-9(5-8)10(13(17)18-2)6-12(16)14-11/h3-6H,1-2H3,(H,14,16). The smallest absolute Gasteiger partial charge is 0.338 e. The third-order valence-corrected chi connectivity index (χ3v) is 2.65. The molecule has 2 aromatic rings. The zero-order valence-electron chi connectivity index (χ0n) is 9.94. The van der Waals surface area contributed by atoms with Crippen molar-refractivity contribution >= 4 is 22.7 Å². The van der Waals surface area contributed by atoms with Gasteiger partial charge in [0.15, 0.2) is 5.78 Å². The zero-order valence-corrected chi connectivity index (χ0v) is 9.94. The van der Waals surface area contributed by atoms with E-state index in [1.54, 1.807) is 18.2 Å². The number of ether oxygens (including phenoxy) is 1. The van der Waals surface area contributed by atoms with Crippen LogP contribution in [0.4, 0.5) is 0 Å². The summed E-state index contributed by atoms with van der Waals surface area (Å²) in [6, 6.07) is 5.93. The second-order valence-electron chi connectivity index (χ2n) is 3.86. The number of aromatic nitrogens is 1. The predicted molar refractivity (Wildman–Crippen MR) is 65.9 cm³/mol. The number of ketones is 1. The molecular formula is C13H11NO4. The third kappa shape index (κ3) is 2.02. The highest BCUT2D eigenvalue weighted by Crippen LogP contribution is 2.18. The number of pyridine rings is 1. The summed E-state index contributed by atoms with van der Waals surface area (Å²) >= 11 is 0. The Kier molecular flexibility index (Phi) is 2.97. The van der Waals surface area contributed by atoms with Crippen molar-refractivity contribution in [3.8, 4) is 0 Å². The molecule has 1 aromatic carbocycles. The summed E-state index contributed by atoms with van der Waals surface area (Å²) in [5.41, 5.74) is 0.727. The molecule has 0 atom stereocenters. The maximum absolute atomic E-state index is 11.6. The van der Waals surface area contributed by atoms with Crippen LogP contribution in [0.3, 0.4) is 0 Å². The van der Waals surface area contributed by atoms with Gasteiger partial charge in [-0.3, -0.25) is 9.59 Å². The van der Waals surface area contributed by atoms with Crippen LogP contribution in [-0.4, -0.2) is 23.8 Å². The normalized spacial score (nSPS) is 10.3. The van der Waals surface area contributed by atoms with Crippen LogP contribution in [0.25, 0.3) is 10.9 Å². The molecule has 0 saturated carbocycles. The molecule has 0 aliphatic rings. The molecule has 0 bridgehead atoms. The number of carbonyl (C=O) groups excluding carboxylic acids is 2.